The van der Waals surface area contributed by atoms with Crippen LogP contribution in [-0.2, 0) is 4.74 Å². The van der Waals surface area contributed by atoms with Crippen LogP contribution in [0, 0.1) is 11.3 Å². The molecule has 2 aromatic heterocycles. The van der Waals surface area contributed by atoms with E-state index in [-0.39, 0.29) is 17.3 Å². The number of methoxy groups -OCH3 is 1. The molecule has 2 rings (SSSR count). The summed E-state index contributed by atoms with van der Waals surface area (Å²) in [4.78, 5) is 16.1. The Morgan fingerprint density at radius 2 is 2.19 bits per heavy atom. The van der Waals surface area contributed by atoms with E-state index in [1.165, 1.54) is 7.11 Å². The van der Waals surface area contributed by atoms with Crippen LogP contribution < -0.4 is 11.1 Å². The van der Waals surface area contributed by atoms with Crippen LogP contribution in [0.2, 0.25) is 0 Å². The fourth-order valence-electron chi connectivity index (χ4n) is 1.87. The van der Waals surface area contributed by atoms with Gasteiger partial charge in [-0.3, -0.25) is 4.98 Å². The first-order valence-corrected chi connectivity index (χ1v) is 6.97. The zero-order chi connectivity index (χ0) is 15.4. The van der Waals surface area contributed by atoms with Crippen LogP contribution in [0.15, 0.2) is 24.5 Å². The molecule has 0 bridgehead atoms. The van der Waals surface area contributed by atoms with Crippen LogP contribution in [0.1, 0.15) is 33.8 Å². The lowest BCUT2D eigenvalue weighted by Crippen LogP contribution is -2.11. The van der Waals surface area contributed by atoms with Crippen LogP contribution in [0.3, 0.4) is 0 Å². The van der Waals surface area contributed by atoms with Crippen molar-refractivity contribution in [2.75, 3.05) is 18.2 Å². The molecule has 2 heterocycles. The summed E-state index contributed by atoms with van der Waals surface area (Å²) in [6.07, 6.45) is 3.39. The average molecular weight is 302 g/mol. The quantitative estimate of drug-likeness (QED) is 0.842. The smallest absolute Gasteiger partial charge is 0.343 e. The predicted molar refractivity (Wildman–Crippen MR) is 81.1 cm³/mol. The summed E-state index contributed by atoms with van der Waals surface area (Å²) < 4.78 is 4.73. The molecule has 1 unspecified atom stereocenters. The molecule has 0 aliphatic carbocycles. The molecule has 21 heavy (non-hydrogen) atoms. The maximum atomic E-state index is 11.8. The minimum atomic E-state index is -0.560. The number of carbonyl (C=O) groups is 1. The number of aromatic nitrogens is 1. The van der Waals surface area contributed by atoms with E-state index >= 15 is 0 Å². The van der Waals surface area contributed by atoms with Crippen LogP contribution in [0.4, 0.5) is 10.7 Å². The highest BCUT2D eigenvalue weighted by molar-refractivity contribution is 7.17. The van der Waals surface area contributed by atoms with Gasteiger partial charge in [-0.15, -0.1) is 11.3 Å². The first kappa shape index (κ1) is 14.8. The molecule has 6 nitrogen and oxygen atoms in total. The number of ether oxygens (including phenoxy) is 1. The van der Waals surface area contributed by atoms with Crippen molar-refractivity contribution in [3.8, 4) is 6.07 Å². The van der Waals surface area contributed by atoms with Crippen LogP contribution in [0.5, 0.6) is 0 Å². The largest absolute Gasteiger partial charge is 0.465 e. The average Bonchev–Trinajstić information content (AvgIpc) is 2.83. The Hall–Kier alpha value is -2.59. The minimum absolute atomic E-state index is 0.0685. The number of esters is 1. The molecular formula is C14H14N4O2S. The van der Waals surface area contributed by atoms with Gasteiger partial charge in [-0.1, -0.05) is 0 Å². The number of nitrogens with zero attached hydrogens (tertiary/aromatic N) is 2. The summed E-state index contributed by atoms with van der Waals surface area (Å²) in [5.41, 5.74) is 7.21. The van der Waals surface area contributed by atoms with Gasteiger partial charge in [0.05, 0.1) is 12.8 Å². The van der Waals surface area contributed by atoms with Crippen molar-refractivity contribution < 1.29 is 9.53 Å². The van der Waals surface area contributed by atoms with Crippen molar-refractivity contribution in [2.24, 2.45) is 0 Å². The Bertz CT molecular complexity index is 691. The summed E-state index contributed by atoms with van der Waals surface area (Å²) in [6.45, 7) is 1.94. The first-order valence-electron chi connectivity index (χ1n) is 6.15. The Labute approximate surface area is 126 Å². The van der Waals surface area contributed by atoms with E-state index in [4.69, 9.17) is 15.7 Å². The molecule has 0 radical (unpaired) electrons. The summed E-state index contributed by atoms with van der Waals surface area (Å²) in [7, 11) is 1.28. The molecule has 108 valence electrons. The Kier molecular flexibility index (Phi) is 4.40. The maximum Gasteiger partial charge on any atom is 0.343 e. The fraction of sp³-hybridized carbons (Fsp3) is 0.214. The third-order valence-corrected chi connectivity index (χ3v) is 4.03. The normalized spacial score (nSPS) is 11.5. The molecule has 0 spiro atoms. The van der Waals surface area contributed by atoms with Crippen molar-refractivity contribution in [1.82, 2.24) is 4.98 Å². The van der Waals surface area contributed by atoms with Crippen molar-refractivity contribution in [3.05, 3.63) is 40.5 Å². The number of thiophene rings is 1. The lowest BCUT2D eigenvalue weighted by molar-refractivity contribution is 0.0603. The molecular weight excluding hydrogens is 288 g/mol. The Balaban J connectivity index is 2.36. The topological polar surface area (TPSA) is 101 Å². The van der Waals surface area contributed by atoms with Crippen molar-refractivity contribution in [1.29, 1.82) is 5.26 Å². The van der Waals surface area contributed by atoms with E-state index in [0.717, 1.165) is 16.9 Å². The molecule has 0 fully saturated rings. The number of carbonyl (C=O) groups excluding carboxylic acids is 1. The number of hydrogen-bond acceptors (Lipinski definition) is 7. The van der Waals surface area contributed by atoms with Crippen molar-refractivity contribution in [2.45, 2.75) is 13.0 Å². The summed E-state index contributed by atoms with van der Waals surface area (Å²) in [5, 5.41) is 12.8. The SMILES string of the molecule is COC(=O)c1c(NC(C)c2ccncc2)sc(C#N)c1N. The van der Waals surface area contributed by atoms with Gasteiger partial charge in [0.15, 0.2) is 0 Å². The maximum absolute atomic E-state index is 11.8. The second-order valence-electron chi connectivity index (χ2n) is 4.30. The van der Waals surface area contributed by atoms with E-state index in [0.29, 0.717) is 9.88 Å². The number of rotatable bonds is 4. The number of nitrogens with two attached hydrogens (primary N) is 1. The number of nitrogen functional groups attached to an aromatic ring is 1. The highest BCUT2D eigenvalue weighted by Gasteiger charge is 2.23. The third-order valence-electron chi connectivity index (χ3n) is 2.99. The van der Waals surface area contributed by atoms with Crippen LogP contribution in [-0.4, -0.2) is 18.1 Å². The summed E-state index contributed by atoms with van der Waals surface area (Å²) in [6, 6.07) is 5.66. The second kappa shape index (κ2) is 6.24. The lowest BCUT2D eigenvalue weighted by atomic mass is 10.1. The third kappa shape index (κ3) is 2.95. The standard InChI is InChI=1S/C14H14N4O2S/c1-8(9-3-5-17-6-4-9)18-13-11(14(19)20-2)12(16)10(7-15)21-13/h3-6,8,18H,16H2,1-2H3. The Morgan fingerprint density at radius 3 is 2.76 bits per heavy atom. The van der Waals surface area contributed by atoms with E-state index in [2.05, 4.69) is 10.3 Å². The van der Waals surface area contributed by atoms with Crippen molar-refractivity contribution in [3.63, 3.8) is 0 Å². The molecule has 3 N–H and O–H groups in total. The van der Waals surface area contributed by atoms with Gasteiger partial charge in [-0.25, -0.2) is 4.79 Å². The Morgan fingerprint density at radius 1 is 1.52 bits per heavy atom. The molecule has 0 aliphatic heterocycles. The lowest BCUT2D eigenvalue weighted by Gasteiger charge is -2.15. The van der Waals surface area contributed by atoms with Gasteiger partial charge in [0, 0.05) is 18.4 Å². The predicted octanol–water partition coefficient (Wildman–Crippen LogP) is 2.56. The van der Waals surface area contributed by atoms with Crippen molar-refractivity contribution >= 4 is 28.0 Å². The van der Waals surface area contributed by atoms with E-state index in [1.54, 1.807) is 12.4 Å². The van der Waals surface area contributed by atoms with Crippen LogP contribution >= 0.6 is 11.3 Å². The van der Waals surface area contributed by atoms with E-state index in [1.807, 2.05) is 25.1 Å². The zero-order valence-electron chi connectivity index (χ0n) is 11.6. The zero-order valence-corrected chi connectivity index (χ0v) is 12.4. The fourth-order valence-corrected chi connectivity index (χ4v) is 2.86. The van der Waals surface area contributed by atoms with Gasteiger partial charge < -0.3 is 15.8 Å². The molecule has 0 amide bonds. The molecule has 0 saturated heterocycles. The first-order chi connectivity index (χ1) is 10.1. The monoisotopic (exact) mass is 302 g/mol. The van der Waals surface area contributed by atoms with Gasteiger partial charge >= 0.3 is 5.97 Å². The number of hydrogen-bond donors (Lipinski definition) is 2. The minimum Gasteiger partial charge on any atom is -0.465 e. The molecule has 1 atom stereocenters. The molecule has 0 aromatic carbocycles. The van der Waals surface area contributed by atoms with E-state index < -0.39 is 5.97 Å². The molecule has 0 aliphatic rings. The van der Waals surface area contributed by atoms with Gasteiger partial charge in [-0.2, -0.15) is 5.26 Å². The number of pyridine rings is 1. The van der Waals surface area contributed by atoms with Crippen LogP contribution in [0.25, 0.3) is 0 Å². The number of nitriles is 1. The summed E-state index contributed by atoms with van der Waals surface area (Å²) in [5.74, 6) is -0.560. The molecule has 0 saturated carbocycles. The van der Waals surface area contributed by atoms with Gasteiger partial charge in [0.2, 0.25) is 0 Å². The van der Waals surface area contributed by atoms with Gasteiger partial charge in [0.1, 0.15) is 21.5 Å². The highest BCUT2D eigenvalue weighted by atomic mass is 32.1. The highest BCUT2D eigenvalue weighted by Crippen LogP contribution is 2.37. The van der Waals surface area contributed by atoms with E-state index in [9.17, 15) is 4.79 Å². The second-order valence-corrected chi connectivity index (χ2v) is 5.32. The number of nitrogens with one attached hydrogen (secondary N) is 1. The van der Waals surface area contributed by atoms with Gasteiger partial charge in [-0.05, 0) is 24.6 Å². The summed E-state index contributed by atoms with van der Waals surface area (Å²) >= 11 is 1.14. The number of anilines is 2. The van der Waals surface area contributed by atoms with Gasteiger partial charge in [0.25, 0.3) is 0 Å². The molecule has 7 heteroatoms. The molecule has 2 aromatic rings.